The number of hydrogen-bond acceptors (Lipinski definition) is 4. The Balaban J connectivity index is 3.50. The predicted octanol–water partition coefficient (Wildman–Crippen LogP) is -1.49. The van der Waals surface area contributed by atoms with Crippen LogP contribution >= 0.6 is 0 Å². The Bertz CT molecular complexity index is 68.1. The first-order valence-corrected chi connectivity index (χ1v) is 3.62. The van der Waals surface area contributed by atoms with Crippen LogP contribution in [-0.2, 0) is 0 Å². The summed E-state index contributed by atoms with van der Waals surface area (Å²) in [7, 11) is 0. The summed E-state index contributed by atoms with van der Waals surface area (Å²) >= 11 is 0. The number of hydrogen-bond donors (Lipinski definition) is 3. The summed E-state index contributed by atoms with van der Waals surface area (Å²) in [6, 6.07) is 0. The molecule has 0 rings (SSSR count). The van der Waals surface area contributed by atoms with Crippen molar-refractivity contribution >= 4 is 0 Å². The van der Waals surface area contributed by atoms with Crippen LogP contribution < -0.4 is 17.2 Å². The highest BCUT2D eigenvalue weighted by Crippen LogP contribution is 1.88. The monoisotopic (exact) mass is 146 g/mol. The molecule has 0 saturated carbocycles. The van der Waals surface area contributed by atoms with Gasteiger partial charge in [-0.1, -0.05) is 0 Å². The molecule has 0 aromatic carbocycles. The molecule has 0 aromatic heterocycles. The van der Waals surface area contributed by atoms with Gasteiger partial charge in [-0.3, -0.25) is 4.90 Å². The largest absolute Gasteiger partial charge is 0.329 e. The zero-order valence-corrected chi connectivity index (χ0v) is 6.59. The maximum absolute atomic E-state index is 5.62. The van der Waals surface area contributed by atoms with Crippen LogP contribution in [-0.4, -0.2) is 37.2 Å². The molecule has 0 radical (unpaired) electrons. The van der Waals surface area contributed by atoms with Gasteiger partial charge < -0.3 is 17.2 Å². The topological polar surface area (TPSA) is 81.3 Å². The van der Waals surface area contributed by atoms with E-state index in [0.29, 0.717) is 13.1 Å². The third kappa shape index (κ3) is 3.79. The minimum Gasteiger partial charge on any atom is -0.329 e. The molecule has 0 fully saturated rings. The predicted molar refractivity (Wildman–Crippen MR) is 43.3 cm³/mol. The van der Waals surface area contributed by atoms with Crippen molar-refractivity contribution in [1.29, 1.82) is 0 Å². The Hall–Kier alpha value is -0.160. The standard InChI is InChI=1S/C6H18N4/c1-6(9)10(4-2-7)5-3-8/h6H,2-5,7-9H2,1H3. The van der Waals surface area contributed by atoms with Crippen LogP contribution in [0.15, 0.2) is 0 Å². The first-order valence-electron chi connectivity index (χ1n) is 3.62. The van der Waals surface area contributed by atoms with Crippen LogP contribution in [0.1, 0.15) is 6.92 Å². The van der Waals surface area contributed by atoms with E-state index < -0.39 is 0 Å². The highest BCUT2D eigenvalue weighted by molar-refractivity contribution is 4.61. The van der Waals surface area contributed by atoms with Crippen LogP contribution in [0.5, 0.6) is 0 Å². The third-order valence-corrected chi connectivity index (χ3v) is 1.41. The molecule has 4 nitrogen and oxygen atoms in total. The van der Waals surface area contributed by atoms with Gasteiger partial charge in [0.05, 0.1) is 6.17 Å². The Morgan fingerprint density at radius 1 is 1.20 bits per heavy atom. The molecule has 0 amide bonds. The minimum absolute atomic E-state index is 0.0621. The number of nitrogens with two attached hydrogens (primary N) is 3. The summed E-state index contributed by atoms with van der Waals surface area (Å²) in [4.78, 5) is 2.06. The molecular weight excluding hydrogens is 128 g/mol. The normalized spacial score (nSPS) is 14.1. The molecule has 6 N–H and O–H groups in total. The third-order valence-electron chi connectivity index (χ3n) is 1.41. The van der Waals surface area contributed by atoms with Crippen molar-refractivity contribution in [2.45, 2.75) is 13.1 Å². The van der Waals surface area contributed by atoms with Gasteiger partial charge in [0, 0.05) is 26.2 Å². The number of rotatable bonds is 5. The molecule has 0 aliphatic carbocycles. The average molecular weight is 146 g/mol. The van der Waals surface area contributed by atoms with Crippen LogP contribution in [0.3, 0.4) is 0 Å². The molecule has 4 heteroatoms. The Kier molecular flexibility index (Phi) is 5.52. The van der Waals surface area contributed by atoms with Crippen molar-refractivity contribution in [1.82, 2.24) is 4.90 Å². The molecule has 0 bridgehead atoms. The van der Waals surface area contributed by atoms with Gasteiger partial charge in [-0.15, -0.1) is 0 Å². The molecular formula is C6H18N4. The van der Waals surface area contributed by atoms with E-state index in [1.807, 2.05) is 6.92 Å². The first-order chi connectivity index (χ1) is 4.72. The quantitative estimate of drug-likeness (QED) is 0.413. The molecule has 0 aliphatic rings. The van der Waals surface area contributed by atoms with Gasteiger partial charge in [0.25, 0.3) is 0 Å². The van der Waals surface area contributed by atoms with E-state index >= 15 is 0 Å². The maximum Gasteiger partial charge on any atom is 0.0543 e. The maximum atomic E-state index is 5.62. The van der Waals surface area contributed by atoms with Crippen LogP contribution in [0.4, 0.5) is 0 Å². The zero-order chi connectivity index (χ0) is 7.98. The van der Waals surface area contributed by atoms with E-state index in [4.69, 9.17) is 17.2 Å². The van der Waals surface area contributed by atoms with E-state index in [2.05, 4.69) is 4.90 Å². The lowest BCUT2D eigenvalue weighted by Gasteiger charge is -2.24. The highest BCUT2D eigenvalue weighted by Gasteiger charge is 2.05. The summed E-state index contributed by atoms with van der Waals surface area (Å²) in [5.41, 5.74) is 16.3. The van der Waals surface area contributed by atoms with E-state index in [0.717, 1.165) is 13.1 Å². The van der Waals surface area contributed by atoms with Gasteiger partial charge in [0.1, 0.15) is 0 Å². The fourth-order valence-corrected chi connectivity index (χ4v) is 0.851. The van der Waals surface area contributed by atoms with Gasteiger partial charge in [0.2, 0.25) is 0 Å². The second-order valence-electron chi connectivity index (χ2n) is 2.35. The van der Waals surface area contributed by atoms with Gasteiger partial charge in [-0.05, 0) is 6.92 Å². The lowest BCUT2D eigenvalue weighted by Crippen LogP contribution is -2.44. The Labute approximate surface area is 62.3 Å². The van der Waals surface area contributed by atoms with E-state index in [1.165, 1.54) is 0 Å². The van der Waals surface area contributed by atoms with Crippen molar-refractivity contribution in [2.75, 3.05) is 26.2 Å². The first kappa shape index (κ1) is 9.84. The van der Waals surface area contributed by atoms with E-state index in [1.54, 1.807) is 0 Å². The molecule has 1 atom stereocenters. The molecule has 0 heterocycles. The summed E-state index contributed by atoms with van der Waals surface area (Å²) < 4.78 is 0. The molecule has 0 saturated heterocycles. The summed E-state index contributed by atoms with van der Waals surface area (Å²) in [5, 5.41) is 0. The van der Waals surface area contributed by atoms with Crippen LogP contribution in [0.2, 0.25) is 0 Å². The smallest absolute Gasteiger partial charge is 0.0543 e. The summed E-state index contributed by atoms with van der Waals surface area (Å²) in [5.74, 6) is 0. The fourth-order valence-electron chi connectivity index (χ4n) is 0.851. The lowest BCUT2D eigenvalue weighted by molar-refractivity contribution is 0.225. The lowest BCUT2D eigenvalue weighted by atomic mass is 10.4. The fraction of sp³-hybridized carbons (Fsp3) is 1.00. The zero-order valence-electron chi connectivity index (χ0n) is 6.59. The van der Waals surface area contributed by atoms with Gasteiger partial charge in [-0.2, -0.15) is 0 Å². The van der Waals surface area contributed by atoms with Gasteiger partial charge in [0.15, 0.2) is 0 Å². The Morgan fingerprint density at radius 3 is 1.80 bits per heavy atom. The summed E-state index contributed by atoms with van der Waals surface area (Å²) in [6.45, 7) is 4.87. The second-order valence-corrected chi connectivity index (χ2v) is 2.35. The van der Waals surface area contributed by atoms with Crippen molar-refractivity contribution in [2.24, 2.45) is 17.2 Å². The van der Waals surface area contributed by atoms with Gasteiger partial charge >= 0.3 is 0 Å². The highest BCUT2D eigenvalue weighted by atomic mass is 15.2. The van der Waals surface area contributed by atoms with Crippen molar-refractivity contribution in [3.05, 3.63) is 0 Å². The van der Waals surface area contributed by atoms with Crippen molar-refractivity contribution < 1.29 is 0 Å². The molecule has 62 valence electrons. The second kappa shape index (κ2) is 5.61. The minimum atomic E-state index is 0.0621. The Morgan fingerprint density at radius 2 is 1.60 bits per heavy atom. The molecule has 0 aromatic rings. The summed E-state index contributed by atoms with van der Waals surface area (Å²) in [6.07, 6.45) is 0.0621. The van der Waals surface area contributed by atoms with Crippen LogP contribution in [0.25, 0.3) is 0 Å². The number of nitrogens with zero attached hydrogens (tertiary/aromatic N) is 1. The molecule has 10 heavy (non-hydrogen) atoms. The average Bonchev–Trinajstić information content (AvgIpc) is 1.87. The van der Waals surface area contributed by atoms with Crippen molar-refractivity contribution in [3.8, 4) is 0 Å². The SMILES string of the molecule is CC(N)N(CCN)CCN. The molecule has 0 aliphatic heterocycles. The molecule has 0 spiro atoms. The van der Waals surface area contributed by atoms with Crippen LogP contribution in [0, 0.1) is 0 Å². The van der Waals surface area contributed by atoms with Crippen molar-refractivity contribution in [3.63, 3.8) is 0 Å². The molecule has 1 unspecified atom stereocenters. The van der Waals surface area contributed by atoms with E-state index in [9.17, 15) is 0 Å². The van der Waals surface area contributed by atoms with Gasteiger partial charge in [-0.25, -0.2) is 0 Å². The van der Waals surface area contributed by atoms with E-state index in [-0.39, 0.29) is 6.17 Å².